The van der Waals surface area contributed by atoms with E-state index in [9.17, 15) is 14.8 Å². The summed E-state index contributed by atoms with van der Waals surface area (Å²) in [5, 5.41) is 9.88. The van der Waals surface area contributed by atoms with Crippen LogP contribution in [0, 0.1) is 5.92 Å². The van der Waals surface area contributed by atoms with Crippen LogP contribution in [0.1, 0.15) is 32.6 Å². The molecule has 0 aromatic carbocycles. The van der Waals surface area contributed by atoms with Gasteiger partial charge in [-0.1, -0.05) is 26.2 Å². The summed E-state index contributed by atoms with van der Waals surface area (Å²) >= 11 is 0. The number of aromatic nitrogens is 4. The van der Waals surface area contributed by atoms with Gasteiger partial charge >= 0.3 is 0 Å². The summed E-state index contributed by atoms with van der Waals surface area (Å²) in [6.07, 6.45) is 6.66. The van der Waals surface area contributed by atoms with E-state index in [-0.39, 0.29) is 18.9 Å². The lowest BCUT2D eigenvalue weighted by Crippen LogP contribution is -2.40. The third-order valence-electron chi connectivity index (χ3n) is 3.86. The predicted octanol–water partition coefficient (Wildman–Crippen LogP) is 0.851. The van der Waals surface area contributed by atoms with Crippen LogP contribution in [-0.2, 0) is 16.6 Å². The maximum atomic E-state index is 12.4. The number of nitrogens with zero attached hydrogens (tertiary/aromatic N) is 5. The van der Waals surface area contributed by atoms with Gasteiger partial charge in [0.1, 0.15) is 6.33 Å². The molecule has 10 heteroatoms. The molecule has 1 unspecified atom stereocenters. The number of hydrogen-bond acceptors (Lipinski definition) is 7. The van der Waals surface area contributed by atoms with Crippen LogP contribution in [0.3, 0.4) is 0 Å². The van der Waals surface area contributed by atoms with Gasteiger partial charge in [-0.2, -0.15) is 0 Å². The second-order valence-electron chi connectivity index (χ2n) is 5.78. The number of aryl methyl sites for hydroxylation is 1. The molecule has 2 aromatic heterocycles. The third-order valence-corrected chi connectivity index (χ3v) is 3.86. The molecular formula is C15H23N7O3. The molecule has 0 aliphatic carbocycles. The Kier molecular flexibility index (Phi) is 6.63. The van der Waals surface area contributed by atoms with Crippen molar-refractivity contribution in [2.45, 2.75) is 32.6 Å². The second-order valence-corrected chi connectivity index (χ2v) is 5.78. The molecule has 3 N–H and O–H groups in total. The number of fused-ring (bicyclic) bond motifs is 1. The van der Waals surface area contributed by atoms with E-state index >= 15 is 0 Å². The minimum absolute atomic E-state index is 0.0660. The minimum atomic E-state index is -0.532. The molecule has 0 aliphatic rings. The number of amides is 2. The van der Waals surface area contributed by atoms with Crippen molar-refractivity contribution in [2.75, 3.05) is 12.0 Å². The second kappa shape index (κ2) is 8.92. The van der Waals surface area contributed by atoms with Crippen LogP contribution in [0.15, 0.2) is 12.7 Å². The highest BCUT2D eigenvalue weighted by atomic mass is 16.5. The highest BCUT2D eigenvalue weighted by Gasteiger charge is 2.21. The fraction of sp³-hybridized carbons (Fsp3) is 0.533. The van der Waals surface area contributed by atoms with E-state index in [0.717, 1.165) is 19.3 Å². The third kappa shape index (κ3) is 4.86. The van der Waals surface area contributed by atoms with Crippen molar-refractivity contribution < 1.29 is 14.8 Å². The zero-order chi connectivity index (χ0) is 18.2. The maximum Gasteiger partial charge on any atom is 0.243 e. The SMILES string of the molecule is CCCCCC(CN(O)C=O)C(=O)NNc1ncnc2c1ncn2C. The Morgan fingerprint density at radius 3 is 2.92 bits per heavy atom. The number of carbonyl (C=O) groups is 2. The summed E-state index contributed by atoms with van der Waals surface area (Å²) in [5.74, 6) is -0.488. The quantitative estimate of drug-likeness (QED) is 0.251. The summed E-state index contributed by atoms with van der Waals surface area (Å²) < 4.78 is 1.74. The van der Waals surface area contributed by atoms with Gasteiger partial charge < -0.3 is 4.57 Å². The number of nitrogens with one attached hydrogen (secondary N) is 2. The Bertz CT molecular complexity index is 718. The molecule has 136 valence electrons. The van der Waals surface area contributed by atoms with Crippen LogP contribution in [0.25, 0.3) is 11.2 Å². The Balaban J connectivity index is 2.02. The Morgan fingerprint density at radius 2 is 2.20 bits per heavy atom. The first-order valence-corrected chi connectivity index (χ1v) is 8.15. The lowest BCUT2D eigenvalue weighted by Gasteiger charge is -2.19. The Morgan fingerprint density at radius 1 is 1.40 bits per heavy atom. The van der Waals surface area contributed by atoms with Gasteiger partial charge in [0.15, 0.2) is 17.0 Å². The molecule has 1 atom stereocenters. The van der Waals surface area contributed by atoms with Gasteiger partial charge in [0, 0.05) is 7.05 Å². The monoisotopic (exact) mass is 349 g/mol. The van der Waals surface area contributed by atoms with Gasteiger partial charge in [-0.15, -0.1) is 0 Å². The predicted molar refractivity (Wildman–Crippen MR) is 90.3 cm³/mol. The number of carbonyl (C=O) groups excluding carboxylic acids is 2. The van der Waals surface area contributed by atoms with Crippen molar-refractivity contribution in [3.63, 3.8) is 0 Å². The average Bonchev–Trinajstić information content (AvgIpc) is 3.00. The smallest absolute Gasteiger partial charge is 0.243 e. The molecule has 0 bridgehead atoms. The maximum absolute atomic E-state index is 12.4. The van der Waals surface area contributed by atoms with E-state index in [1.54, 1.807) is 10.9 Å². The van der Waals surface area contributed by atoms with Crippen molar-refractivity contribution in [3.05, 3.63) is 12.7 Å². The molecule has 0 spiro atoms. The molecule has 10 nitrogen and oxygen atoms in total. The molecule has 0 saturated heterocycles. The summed E-state index contributed by atoms with van der Waals surface area (Å²) in [6, 6.07) is 0. The highest BCUT2D eigenvalue weighted by Crippen LogP contribution is 2.16. The van der Waals surface area contributed by atoms with Crippen LogP contribution in [0.5, 0.6) is 0 Å². The van der Waals surface area contributed by atoms with Gasteiger partial charge in [0.25, 0.3) is 0 Å². The van der Waals surface area contributed by atoms with Crippen LogP contribution in [-0.4, -0.2) is 48.7 Å². The fourth-order valence-corrected chi connectivity index (χ4v) is 2.47. The molecule has 0 radical (unpaired) electrons. The van der Waals surface area contributed by atoms with Gasteiger partial charge in [-0.25, -0.2) is 20.0 Å². The van der Waals surface area contributed by atoms with Crippen molar-refractivity contribution in [1.82, 2.24) is 30.0 Å². The molecule has 0 fully saturated rings. The van der Waals surface area contributed by atoms with Crippen molar-refractivity contribution in [1.29, 1.82) is 0 Å². The number of rotatable bonds is 10. The zero-order valence-corrected chi connectivity index (χ0v) is 14.3. The molecule has 2 aromatic rings. The lowest BCUT2D eigenvalue weighted by molar-refractivity contribution is -0.154. The summed E-state index contributed by atoms with van der Waals surface area (Å²) in [7, 11) is 1.81. The summed E-state index contributed by atoms with van der Waals surface area (Å²) in [6.45, 7) is 2.00. The number of anilines is 1. The van der Waals surface area contributed by atoms with E-state index in [2.05, 4.69) is 32.7 Å². The molecule has 25 heavy (non-hydrogen) atoms. The number of unbranched alkanes of at least 4 members (excludes halogenated alkanes) is 2. The number of hydrogen-bond donors (Lipinski definition) is 3. The molecule has 2 amide bonds. The Hall–Kier alpha value is -2.75. The van der Waals surface area contributed by atoms with Gasteiger partial charge in [-0.3, -0.25) is 25.6 Å². The fourth-order valence-electron chi connectivity index (χ4n) is 2.47. The average molecular weight is 349 g/mol. The van der Waals surface area contributed by atoms with Crippen molar-refractivity contribution in [2.24, 2.45) is 13.0 Å². The number of hydroxylamine groups is 2. The van der Waals surface area contributed by atoms with Gasteiger partial charge in [-0.05, 0) is 6.42 Å². The standard InChI is InChI=1S/C15H23N7O3/c1-3-4-5-6-11(7-22(25)10-23)15(24)20-19-13-12-14(17-8-16-13)21(2)9-18-12/h8-11,25H,3-7H2,1-2H3,(H,20,24)(H,16,17,19). The van der Waals surface area contributed by atoms with E-state index in [4.69, 9.17) is 0 Å². The highest BCUT2D eigenvalue weighted by molar-refractivity contribution is 5.85. The van der Waals surface area contributed by atoms with Crippen LogP contribution >= 0.6 is 0 Å². The molecule has 0 saturated carbocycles. The van der Waals surface area contributed by atoms with Gasteiger partial charge in [0.2, 0.25) is 12.3 Å². The molecule has 2 rings (SSSR count). The lowest BCUT2D eigenvalue weighted by atomic mass is 10.0. The minimum Gasteiger partial charge on any atom is -0.318 e. The number of imidazole rings is 1. The summed E-state index contributed by atoms with van der Waals surface area (Å²) in [4.78, 5) is 35.4. The van der Waals surface area contributed by atoms with E-state index in [0.29, 0.717) is 28.5 Å². The van der Waals surface area contributed by atoms with Crippen LogP contribution < -0.4 is 10.9 Å². The first kappa shape index (κ1) is 18.6. The molecular weight excluding hydrogens is 326 g/mol. The first-order chi connectivity index (χ1) is 12.1. The molecule has 0 aliphatic heterocycles. The van der Waals surface area contributed by atoms with Crippen LogP contribution in [0.4, 0.5) is 5.82 Å². The summed E-state index contributed by atoms with van der Waals surface area (Å²) in [5.41, 5.74) is 6.49. The molecule has 2 heterocycles. The topological polar surface area (TPSA) is 125 Å². The first-order valence-electron chi connectivity index (χ1n) is 8.15. The van der Waals surface area contributed by atoms with E-state index < -0.39 is 5.92 Å². The zero-order valence-electron chi connectivity index (χ0n) is 14.3. The number of hydrazine groups is 1. The van der Waals surface area contributed by atoms with E-state index in [1.807, 2.05) is 7.05 Å². The largest absolute Gasteiger partial charge is 0.318 e. The van der Waals surface area contributed by atoms with Crippen LogP contribution in [0.2, 0.25) is 0 Å². The van der Waals surface area contributed by atoms with E-state index in [1.165, 1.54) is 6.33 Å². The Labute approximate surface area is 145 Å². The normalized spacial score (nSPS) is 12.0. The van der Waals surface area contributed by atoms with Crippen molar-refractivity contribution in [3.8, 4) is 0 Å². The van der Waals surface area contributed by atoms with Gasteiger partial charge in [0.05, 0.1) is 18.8 Å². The van der Waals surface area contributed by atoms with Crippen molar-refractivity contribution >= 4 is 29.3 Å².